The van der Waals surface area contributed by atoms with E-state index in [4.69, 9.17) is 4.74 Å². The molecule has 4 heterocycles. The fourth-order valence-electron chi connectivity index (χ4n) is 5.10. The maximum absolute atomic E-state index is 14.7. The third kappa shape index (κ3) is 4.08. The van der Waals surface area contributed by atoms with Gasteiger partial charge in [0.25, 0.3) is 0 Å². The number of urea groups is 1. The van der Waals surface area contributed by atoms with Crippen molar-refractivity contribution in [3.05, 3.63) is 42.3 Å². The second-order valence-corrected chi connectivity index (χ2v) is 11.2. The summed E-state index contributed by atoms with van der Waals surface area (Å²) in [6.45, 7) is 6.85. The number of nitrogens with one attached hydrogen (secondary N) is 1. The van der Waals surface area contributed by atoms with E-state index in [2.05, 4.69) is 31.4 Å². The maximum Gasteiger partial charge on any atom is 0.322 e. The number of carbonyl (C=O) groups excluding carboxylic acids is 1. The van der Waals surface area contributed by atoms with E-state index in [9.17, 15) is 9.18 Å². The van der Waals surface area contributed by atoms with Crippen molar-refractivity contribution in [2.75, 3.05) is 49.6 Å². The highest BCUT2D eigenvalue weighted by molar-refractivity contribution is 7.19. The van der Waals surface area contributed by atoms with Crippen molar-refractivity contribution in [2.45, 2.75) is 31.3 Å². The largest absolute Gasteiger partial charge is 0.381 e. The van der Waals surface area contributed by atoms with Crippen LogP contribution in [0, 0.1) is 11.2 Å². The summed E-state index contributed by atoms with van der Waals surface area (Å²) in [5.41, 5.74) is 1.89. The average molecular weight is 457 g/mol. The number of hydrogen-bond donors (Lipinski definition) is 1. The van der Waals surface area contributed by atoms with Gasteiger partial charge in [-0.15, -0.1) is 9.24 Å². The molecule has 1 N–H and O–H groups in total. The number of benzene rings is 1. The minimum atomic E-state index is -0.317. The molecule has 170 valence electrons. The molecule has 3 aliphatic heterocycles. The topological polar surface area (TPSA) is 57.7 Å². The Kier molecular flexibility index (Phi) is 5.58. The maximum atomic E-state index is 14.7. The lowest BCUT2D eigenvalue weighted by Gasteiger charge is -2.51. The zero-order valence-corrected chi connectivity index (χ0v) is 19.6. The molecule has 0 saturated carbocycles. The standard InChI is InChI=1S/C24H30FN4O2P/c1-23(32)7-11-28(14-23)21-20(18(6-10-26-21)17-4-2-3-5-19(17)25)27-22(30)29-15-24(16-29)8-12-31-13-9-24/h2-6,10H,7-9,11-16,32H2,1H3,(H,27,30). The molecule has 3 saturated heterocycles. The van der Waals surface area contributed by atoms with Crippen LogP contribution in [0.3, 0.4) is 0 Å². The molecule has 32 heavy (non-hydrogen) atoms. The lowest BCUT2D eigenvalue weighted by Crippen LogP contribution is -2.61. The van der Waals surface area contributed by atoms with Crippen LogP contribution in [0.25, 0.3) is 11.1 Å². The van der Waals surface area contributed by atoms with Gasteiger partial charge in [0.05, 0.1) is 5.69 Å². The third-order valence-corrected chi connectivity index (χ3v) is 7.50. The summed E-state index contributed by atoms with van der Waals surface area (Å²) >= 11 is 0. The van der Waals surface area contributed by atoms with Crippen molar-refractivity contribution < 1.29 is 13.9 Å². The molecule has 1 spiro atoms. The first-order valence-corrected chi connectivity index (χ1v) is 11.9. The Bertz CT molecular complexity index is 1020. The van der Waals surface area contributed by atoms with Gasteiger partial charge in [-0.25, -0.2) is 14.2 Å². The van der Waals surface area contributed by atoms with Gasteiger partial charge in [-0.1, -0.05) is 25.1 Å². The Morgan fingerprint density at radius 3 is 2.56 bits per heavy atom. The molecule has 0 bridgehead atoms. The number of anilines is 2. The number of likely N-dealkylation sites (tertiary alicyclic amines) is 1. The summed E-state index contributed by atoms with van der Waals surface area (Å²) in [4.78, 5) is 21.9. The zero-order valence-electron chi connectivity index (χ0n) is 18.4. The van der Waals surface area contributed by atoms with Crippen LogP contribution in [-0.4, -0.2) is 60.5 Å². The summed E-state index contributed by atoms with van der Waals surface area (Å²) < 4.78 is 20.2. The highest BCUT2D eigenvalue weighted by Gasteiger charge is 2.46. The minimum absolute atomic E-state index is 0.0872. The van der Waals surface area contributed by atoms with Crippen molar-refractivity contribution in [3.8, 4) is 11.1 Å². The molecule has 1 aromatic heterocycles. The fraction of sp³-hybridized carbons (Fsp3) is 0.500. The summed E-state index contributed by atoms with van der Waals surface area (Å²) in [5.74, 6) is 0.383. The van der Waals surface area contributed by atoms with Gasteiger partial charge in [-0.2, -0.15) is 0 Å². The van der Waals surface area contributed by atoms with E-state index in [0.717, 1.165) is 58.7 Å². The van der Waals surface area contributed by atoms with Crippen molar-refractivity contribution in [3.63, 3.8) is 0 Å². The van der Waals surface area contributed by atoms with E-state index in [1.54, 1.807) is 24.4 Å². The first-order chi connectivity index (χ1) is 15.4. The van der Waals surface area contributed by atoms with Crippen molar-refractivity contribution in [1.29, 1.82) is 0 Å². The van der Waals surface area contributed by atoms with Crippen molar-refractivity contribution in [2.24, 2.45) is 5.41 Å². The Hall–Kier alpha value is -2.24. The molecule has 2 amide bonds. The van der Waals surface area contributed by atoms with Crippen LogP contribution in [-0.2, 0) is 4.74 Å². The van der Waals surface area contributed by atoms with Gasteiger partial charge in [0, 0.05) is 67.3 Å². The normalized spacial score (nSPS) is 24.5. The lowest BCUT2D eigenvalue weighted by molar-refractivity contribution is -0.0596. The van der Waals surface area contributed by atoms with Crippen molar-refractivity contribution >= 4 is 26.8 Å². The first-order valence-electron chi connectivity index (χ1n) is 11.3. The molecular weight excluding hydrogens is 426 g/mol. The van der Waals surface area contributed by atoms with Gasteiger partial charge in [0.15, 0.2) is 5.82 Å². The molecule has 5 rings (SSSR count). The van der Waals surface area contributed by atoms with Crippen LogP contribution in [0.2, 0.25) is 0 Å². The molecule has 2 unspecified atom stereocenters. The van der Waals surface area contributed by atoms with Crippen molar-refractivity contribution in [1.82, 2.24) is 9.88 Å². The van der Waals surface area contributed by atoms with E-state index in [-0.39, 0.29) is 22.4 Å². The Morgan fingerprint density at radius 1 is 1.12 bits per heavy atom. The SMILES string of the molecule is CC1(P)CCN(c2nccc(-c3ccccc3F)c2NC(=O)N2CC3(CCOCC3)C2)C1. The quantitative estimate of drug-likeness (QED) is 0.697. The summed E-state index contributed by atoms with van der Waals surface area (Å²) in [5, 5.41) is 3.20. The lowest BCUT2D eigenvalue weighted by atomic mass is 9.73. The molecule has 2 atom stereocenters. The number of hydrogen-bond acceptors (Lipinski definition) is 4. The number of halogens is 1. The van der Waals surface area contributed by atoms with Crippen LogP contribution in [0.15, 0.2) is 36.5 Å². The number of carbonyl (C=O) groups is 1. The molecule has 6 nitrogen and oxygen atoms in total. The fourth-order valence-corrected chi connectivity index (χ4v) is 5.45. The number of ether oxygens (including phenoxy) is 1. The van der Waals surface area contributed by atoms with Crippen LogP contribution < -0.4 is 10.2 Å². The van der Waals surface area contributed by atoms with Crippen LogP contribution in [0.5, 0.6) is 0 Å². The van der Waals surface area contributed by atoms with Crippen LogP contribution in [0.1, 0.15) is 26.2 Å². The highest BCUT2D eigenvalue weighted by atomic mass is 31.0. The molecule has 3 aliphatic rings. The third-order valence-electron chi connectivity index (χ3n) is 7.02. The Labute approximate surface area is 190 Å². The molecule has 0 aliphatic carbocycles. The van der Waals surface area contributed by atoms with Gasteiger partial charge < -0.3 is 19.9 Å². The second kappa shape index (κ2) is 8.27. The smallest absolute Gasteiger partial charge is 0.322 e. The number of nitrogens with zero attached hydrogens (tertiary/aromatic N) is 3. The van der Waals surface area contributed by atoms with E-state index >= 15 is 0 Å². The van der Waals surface area contributed by atoms with Crippen LogP contribution in [0.4, 0.5) is 20.7 Å². The van der Waals surface area contributed by atoms with Crippen LogP contribution >= 0.6 is 9.24 Å². The van der Waals surface area contributed by atoms with E-state index in [1.165, 1.54) is 6.07 Å². The van der Waals surface area contributed by atoms with Gasteiger partial charge in [-0.3, -0.25) is 0 Å². The first kappa shape index (κ1) is 21.6. The molecular formula is C24H30FN4O2P. The Morgan fingerprint density at radius 2 is 1.88 bits per heavy atom. The van der Waals surface area contributed by atoms with Gasteiger partial charge in [0.1, 0.15) is 5.82 Å². The summed E-state index contributed by atoms with van der Waals surface area (Å²) in [6.07, 6.45) is 4.70. The summed E-state index contributed by atoms with van der Waals surface area (Å²) in [7, 11) is 2.92. The molecule has 0 radical (unpaired) electrons. The highest BCUT2D eigenvalue weighted by Crippen LogP contribution is 2.42. The van der Waals surface area contributed by atoms with E-state index in [0.29, 0.717) is 22.6 Å². The van der Waals surface area contributed by atoms with Gasteiger partial charge >= 0.3 is 6.03 Å². The number of rotatable bonds is 3. The number of aromatic nitrogens is 1. The number of amides is 2. The van der Waals surface area contributed by atoms with E-state index < -0.39 is 0 Å². The Balaban J connectivity index is 1.45. The second-order valence-electron chi connectivity index (χ2n) is 9.76. The molecule has 8 heteroatoms. The van der Waals surface area contributed by atoms with Gasteiger partial charge in [-0.05, 0) is 31.4 Å². The molecule has 2 aromatic rings. The minimum Gasteiger partial charge on any atom is -0.381 e. The number of pyridine rings is 1. The predicted octanol–water partition coefficient (Wildman–Crippen LogP) is 4.38. The molecule has 3 fully saturated rings. The zero-order chi connectivity index (χ0) is 22.3. The average Bonchev–Trinajstić information content (AvgIpc) is 3.12. The van der Waals surface area contributed by atoms with E-state index in [1.807, 2.05) is 11.0 Å². The summed E-state index contributed by atoms with van der Waals surface area (Å²) in [6, 6.07) is 8.30. The predicted molar refractivity (Wildman–Crippen MR) is 128 cm³/mol. The molecule has 1 aromatic carbocycles. The van der Waals surface area contributed by atoms with Gasteiger partial charge in [0.2, 0.25) is 0 Å². The monoisotopic (exact) mass is 456 g/mol.